The van der Waals surface area contributed by atoms with Crippen LogP contribution in [0.4, 0.5) is 0 Å². The van der Waals surface area contributed by atoms with Crippen molar-refractivity contribution >= 4 is 33.2 Å². The Kier molecular flexibility index (Phi) is 3.90. The average molecular weight is 385 g/mol. The lowest BCUT2D eigenvalue weighted by atomic mass is 9.92. The molecule has 0 fully saturated rings. The zero-order valence-electron chi connectivity index (χ0n) is 13.0. The van der Waals surface area contributed by atoms with Crippen LogP contribution in [0.5, 0.6) is 0 Å². The van der Waals surface area contributed by atoms with E-state index in [0.29, 0.717) is 6.54 Å². The van der Waals surface area contributed by atoms with Crippen LogP contribution in [0.3, 0.4) is 0 Å². The highest BCUT2D eigenvalue weighted by atomic mass is 79.9. The van der Waals surface area contributed by atoms with Crippen LogP contribution in [-0.2, 0) is 17.8 Å². The highest BCUT2D eigenvalue weighted by Crippen LogP contribution is 2.38. The zero-order valence-corrected chi connectivity index (χ0v) is 14.6. The van der Waals surface area contributed by atoms with Gasteiger partial charge < -0.3 is 15.0 Å². The fraction of sp³-hybridized carbons (Fsp3) is 0.211. The molecular weight excluding hydrogens is 368 g/mol. The molecule has 0 saturated carbocycles. The summed E-state index contributed by atoms with van der Waals surface area (Å²) in [7, 11) is 0. The summed E-state index contributed by atoms with van der Waals surface area (Å²) in [5, 5.41) is 10.4. The number of fused-ring (bicyclic) bond motifs is 3. The number of nitrogens with one attached hydrogen (secondary N) is 1. The van der Waals surface area contributed by atoms with Gasteiger partial charge in [-0.15, -0.1) is 0 Å². The lowest BCUT2D eigenvalue weighted by Crippen LogP contribution is -2.35. The first kappa shape index (κ1) is 15.4. The Labute approximate surface area is 148 Å². The number of aromatic amines is 1. The van der Waals surface area contributed by atoms with Gasteiger partial charge in [0.25, 0.3) is 0 Å². The number of carbonyl (C=O) groups is 1. The summed E-state index contributed by atoms with van der Waals surface area (Å²) in [6, 6.07) is 13.9. The van der Waals surface area contributed by atoms with E-state index in [-0.39, 0.29) is 12.6 Å². The molecule has 0 aliphatic carbocycles. The van der Waals surface area contributed by atoms with E-state index in [9.17, 15) is 9.90 Å². The van der Waals surface area contributed by atoms with Gasteiger partial charge in [-0.05, 0) is 41.3 Å². The molecule has 2 aromatic carbocycles. The highest BCUT2D eigenvalue weighted by molar-refractivity contribution is 9.10. The Hall–Kier alpha value is -2.11. The van der Waals surface area contributed by atoms with Crippen molar-refractivity contribution in [1.29, 1.82) is 0 Å². The molecule has 4 nitrogen and oxygen atoms in total. The van der Waals surface area contributed by atoms with Gasteiger partial charge in [0.2, 0.25) is 6.41 Å². The molecule has 1 aromatic heterocycles. The van der Waals surface area contributed by atoms with E-state index >= 15 is 0 Å². The largest absolute Gasteiger partial charge is 0.392 e. The number of H-pyrrole nitrogens is 1. The van der Waals surface area contributed by atoms with E-state index in [1.54, 1.807) is 0 Å². The second kappa shape index (κ2) is 6.07. The van der Waals surface area contributed by atoms with Gasteiger partial charge in [0, 0.05) is 27.6 Å². The molecule has 1 atom stereocenters. The van der Waals surface area contributed by atoms with Gasteiger partial charge in [-0.3, -0.25) is 4.79 Å². The maximum Gasteiger partial charge on any atom is 0.210 e. The number of carbonyl (C=O) groups excluding carboxylic acids is 1. The quantitative estimate of drug-likeness (QED) is 0.678. The minimum atomic E-state index is -0.120. The summed E-state index contributed by atoms with van der Waals surface area (Å²) in [6.07, 6.45) is 1.77. The first-order valence-electron chi connectivity index (χ1n) is 7.92. The zero-order chi connectivity index (χ0) is 16.7. The normalized spacial score (nSPS) is 17.1. The third-order valence-electron chi connectivity index (χ3n) is 4.74. The summed E-state index contributed by atoms with van der Waals surface area (Å²) < 4.78 is 1.05. The molecule has 24 heavy (non-hydrogen) atoms. The summed E-state index contributed by atoms with van der Waals surface area (Å²) in [5.41, 5.74) is 5.37. The maximum atomic E-state index is 11.6. The van der Waals surface area contributed by atoms with Crippen LogP contribution in [0.1, 0.15) is 28.4 Å². The summed E-state index contributed by atoms with van der Waals surface area (Å²) in [4.78, 5) is 17.0. The smallest absolute Gasteiger partial charge is 0.210 e. The molecule has 0 spiro atoms. The minimum Gasteiger partial charge on any atom is -0.392 e. The highest BCUT2D eigenvalue weighted by Gasteiger charge is 2.30. The molecule has 1 amide bonds. The first-order valence-corrected chi connectivity index (χ1v) is 8.71. The molecule has 0 radical (unpaired) electrons. The van der Waals surface area contributed by atoms with Crippen LogP contribution in [-0.4, -0.2) is 27.9 Å². The van der Waals surface area contributed by atoms with Gasteiger partial charge in [-0.2, -0.15) is 0 Å². The fourth-order valence-corrected chi connectivity index (χ4v) is 3.92. The molecule has 5 heteroatoms. The van der Waals surface area contributed by atoms with Gasteiger partial charge >= 0.3 is 0 Å². The molecule has 122 valence electrons. The number of rotatable bonds is 3. The first-order chi connectivity index (χ1) is 11.7. The van der Waals surface area contributed by atoms with Crippen molar-refractivity contribution in [1.82, 2.24) is 9.88 Å². The van der Waals surface area contributed by atoms with Gasteiger partial charge in [0.05, 0.1) is 12.6 Å². The topological polar surface area (TPSA) is 56.3 Å². The second-order valence-electron chi connectivity index (χ2n) is 6.10. The number of hydrogen-bond acceptors (Lipinski definition) is 2. The SMILES string of the molecule is O=CN1CCc2c([nH]c3ccc(Br)cc23)C1c1ccc(CO)cc1. The van der Waals surface area contributed by atoms with Crippen molar-refractivity contribution in [3.05, 3.63) is 69.3 Å². The Morgan fingerprint density at radius 1 is 1.25 bits per heavy atom. The molecule has 4 rings (SSSR count). The molecule has 1 unspecified atom stereocenters. The van der Waals surface area contributed by atoms with E-state index in [0.717, 1.165) is 39.6 Å². The van der Waals surface area contributed by atoms with Gasteiger partial charge in [-0.25, -0.2) is 0 Å². The molecule has 0 saturated heterocycles. The van der Waals surface area contributed by atoms with Crippen molar-refractivity contribution in [2.45, 2.75) is 19.1 Å². The van der Waals surface area contributed by atoms with Crippen molar-refractivity contribution in [2.75, 3.05) is 6.54 Å². The molecule has 3 aromatic rings. The lowest BCUT2D eigenvalue weighted by Gasteiger charge is -2.33. The van der Waals surface area contributed by atoms with E-state index in [2.05, 4.69) is 33.0 Å². The van der Waals surface area contributed by atoms with Crippen molar-refractivity contribution < 1.29 is 9.90 Å². The van der Waals surface area contributed by atoms with Crippen LogP contribution in [0.2, 0.25) is 0 Å². The third kappa shape index (κ3) is 2.44. The molecule has 0 bridgehead atoms. The Bertz CT molecular complexity index is 902. The van der Waals surface area contributed by atoms with Gasteiger partial charge in [0.1, 0.15) is 0 Å². The number of hydrogen-bond donors (Lipinski definition) is 2. The van der Waals surface area contributed by atoms with Gasteiger partial charge in [0.15, 0.2) is 0 Å². The molecule has 2 N–H and O–H groups in total. The predicted octanol–water partition coefficient (Wildman–Crippen LogP) is 3.53. The number of amides is 1. The van der Waals surface area contributed by atoms with Crippen LogP contribution < -0.4 is 0 Å². The molecule has 1 aliphatic heterocycles. The van der Waals surface area contributed by atoms with Crippen molar-refractivity contribution in [3.63, 3.8) is 0 Å². The summed E-state index contributed by atoms with van der Waals surface area (Å²) >= 11 is 3.54. The Morgan fingerprint density at radius 2 is 2.04 bits per heavy atom. The monoisotopic (exact) mass is 384 g/mol. The standard InChI is InChI=1S/C19H17BrN2O2/c20-14-5-6-17-16(9-14)15-7-8-22(11-24)19(18(15)21-17)13-3-1-12(10-23)2-4-13/h1-6,9,11,19,21,23H,7-8,10H2. The van der Waals surface area contributed by atoms with Crippen LogP contribution in [0, 0.1) is 0 Å². The van der Waals surface area contributed by atoms with Crippen LogP contribution in [0.25, 0.3) is 10.9 Å². The summed E-state index contributed by atoms with van der Waals surface area (Å²) in [5.74, 6) is 0. The molecule has 1 aliphatic rings. The van der Waals surface area contributed by atoms with Crippen LogP contribution in [0.15, 0.2) is 46.9 Å². The number of benzene rings is 2. The Balaban J connectivity index is 1.88. The number of halogens is 1. The van der Waals surface area contributed by atoms with Crippen molar-refractivity contribution in [3.8, 4) is 0 Å². The molecule has 2 heterocycles. The second-order valence-corrected chi connectivity index (χ2v) is 7.02. The summed E-state index contributed by atoms with van der Waals surface area (Å²) in [6.45, 7) is 0.719. The van der Waals surface area contributed by atoms with E-state index < -0.39 is 0 Å². The molecular formula is C19H17BrN2O2. The fourth-order valence-electron chi connectivity index (χ4n) is 3.56. The van der Waals surface area contributed by atoms with Crippen molar-refractivity contribution in [2.24, 2.45) is 0 Å². The van der Waals surface area contributed by atoms with Gasteiger partial charge in [-0.1, -0.05) is 40.2 Å². The van der Waals surface area contributed by atoms with E-state index in [4.69, 9.17) is 0 Å². The number of aliphatic hydroxyl groups excluding tert-OH is 1. The van der Waals surface area contributed by atoms with E-state index in [1.807, 2.05) is 35.2 Å². The van der Waals surface area contributed by atoms with E-state index in [1.165, 1.54) is 10.9 Å². The average Bonchev–Trinajstić information content (AvgIpc) is 2.98. The van der Waals surface area contributed by atoms with Crippen LogP contribution >= 0.6 is 15.9 Å². The Morgan fingerprint density at radius 3 is 2.75 bits per heavy atom. The number of aliphatic hydroxyl groups is 1. The maximum absolute atomic E-state index is 11.6. The lowest BCUT2D eigenvalue weighted by molar-refractivity contribution is -0.120. The predicted molar refractivity (Wildman–Crippen MR) is 96.7 cm³/mol. The minimum absolute atomic E-state index is 0.0218. The number of nitrogens with zero attached hydrogens (tertiary/aromatic N) is 1. The third-order valence-corrected chi connectivity index (χ3v) is 5.23. The number of aromatic nitrogens is 1.